The lowest BCUT2D eigenvalue weighted by molar-refractivity contribution is 0.259. The van der Waals surface area contributed by atoms with Gasteiger partial charge in [-0.25, -0.2) is 4.79 Å². The van der Waals surface area contributed by atoms with Gasteiger partial charge >= 0.3 is 6.03 Å². The van der Waals surface area contributed by atoms with Crippen LogP contribution in [0.15, 0.2) is 24.3 Å². The van der Waals surface area contributed by atoms with E-state index in [4.69, 9.17) is 5.73 Å². The molecule has 0 saturated heterocycles. The van der Waals surface area contributed by atoms with Gasteiger partial charge in [0.05, 0.1) is 0 Å². The minimum Gasteiger partial charge on any atom is -0.382 e. The van der Waals surface area contributed by atoms with Gasteiger partial charge in [0.25, 0.3) is 0 Å². The van der Waals surface area contributed by atoms with E-state index in [0.717, 1.165) is 11.4 Å². The molecule has 4 heteroatoms. The molecule has 0 heterocycles. The summed E-state index contributed by atoms with van der Waals surface area (Å²) < 4.78 is 0. The second-order valence-corrected chi connectivity index (χ2v) is 6.23. The largest absolute Gasteiger partial charge is 0.382 e. The molecule has 3 rings (SSSR count). The lowest BCUT2D eigenvalue weighted by Gasteiger charge is -2.32. The number of hydrogen-bond donors (Lipinski definition) is 3. The van der Waals surface area contributed by atoms with Gasteiger partial charge in [0.15, 0.2) is 0 Å². The highest BCUT2D eigenvalue weighted by Crippen LogP contribution is 2.51. The molecule has 1 spiro atoms. The molecule has 4 nitrogen and oxygen atoms in total. The number of carbonyl (C=O) groups excluding carboxylic acids is 1. The molecule has 20 heavy (non-hydrogen) atoms. The fourth-order valence-electron chi connectivity index (χ4n) is 4.07. The van der Waals surface area contributed by atoms with Crippen LogP contribution in [0.2, 0.25) is 0 Å². The third kappa shape index (κ3) is 2.60. The molecule has 0 aliphatic heterocycles. The molecule has 2 aliphatic rings. The van der Waals surface area contributed by atoms with Gasteiger partial charge in [-0.2, -0.15) is 0 Å². The predicted molar refractivity (Wildman–Crippen MR) is 81.8 cm³/mol. The Hall–Kier alpha value is -1.71. The molecule has 1 atom stereocenters. The number of urea groups is 1. The molecule has 4 N–H and O–H groups in total. The SMILES string of the molecule is NC(=O)Nc1cccc(NC2CCCC23CCCC3)c1. The number of carbonyl (C=O) groups is 1. The zero-order chi connectivity index (χ0) is 14.0. The summed E-state index contributed by atoms with van der Waals surface area (Å²) in [6.07, 6.45) is 9.44. The average Bonchev–Trinajstić information content (AvgIpc) is 3.01. The van der Waals surface area contributed by atoms with Crippen molar-refractivity contribution >= 4 is 17.4 Å². The normalized spacial score (nSPS) is 23.9. The predicted octanol–water partition coefficient (Wildman–Crippen LogP) is 3.70. The zero-order valence-electron chi connectivity index (χ0n) is 11.8. The standard InChI is InChI=1S/C16H23N3O/c17-15(20)19-13-6-3-5-12(11-13)18-14-7-4-10-16(14)8-1-2-9-16/h3,5-6,11,14,18H,1-2,4,7-10H2,(H3,17,19,20). The van der Waals surface area contributed by atoms with Gasteiger partial charge in [-0.1, -0.05) is 25.3 Å². The van der Waals surface area contributed by atoms with Crippen LogP contribution in [0.1, 0.15) is 44.9 Å². The molecule has 1 aromatic rings. The molecule has 2 fully saturated rings. The summed E-state index contributed by atoms with van der Waals surface area (Å²) in [6, 6.07) is 7.89. The Bertz CT molecular complexity index is 489. The van der Waals surface area contributed by atoms with Crippen molar-refractivity contribution in [1.82, 2.24) is 0 Å². The highest BCUT2D eigenvalue weighted by atomic mass is 16.2. The second-order valence-electron chi connectivity index (χ2n) is 6.23. The van der Waals surface area contributed by atoms with Gasteiger partial charge in [-0.05, 0) is 49.3 Å². The minimum absolute atomic E-state index is 0.518. The molecule has 0 bridgehead atoms. The minimum atomic E-state index is -0.518. The molecular formula is C16H23N3O. The van der Waals surface area contributed by atoms with E-state index in [2.05, 4.69) is 16.7 Å². The molecule has 1 unspecified atom stereocenters. The maximum atomic E-state index is 10.9. The van der Waals surface area contributed by atoms with Crippen LogP contribution in [-0.4, -0.2) is 12.1 Å². The summed E-state index contributed by atoms with van der Waals surface area (Å²) in [6.45, 7) is 0. The van der Waals surface area contributed by atoms with Gasteiger partial charge in [-0.3, -0.25) is 0 Å². The highest BCUT2D eigenvalue weighted by Gasteiger charge is 2.44. The van der Waals surface area contributed by atoms with E-state index >= 15 is 0 Å². The van der Waals surface area contributed by atoms with E-state index < -0.39 is 6.03 Å². The highest BCUT2D eigenvalue weighted by molar-refractivity contribution is 5.88. The fourth-order valence-corrected chi connectivity index (χ4v) is 4.07. The number of nitrogens with two attached hydrogens (primary N) is 1. The van der Waals surface area contributed by atoms with Gasteiger partial charge in [0.2, 0.25) is 0 Å². The number of hydrogen-bond acceptors (Lipinski definition) is 2. The third-order valence-electron chi connectivity index (χ3n) is 4.98. The van der Waals surface area contributed by atoms with Gasteiger partial charge in [0, 0.05) is 17.4 Å². The molecule has 2 saturated carbocycles. The number of primary amides is 1. The topological polar surface area (TPSA) is 67.2 Å². The Balaban J connectivity index is 1.72. The molecule has 2 aliphatic carbocycles. The summed E-state index contributed by atoms with van der Waals surface area (Å²) >= 11 is 0. The van der Waals surface area contributed by atoms with E-state index in [0.29, 0.717) is 11.5 Å². The van der Waals surface area contributed by atoms with Crippen molar-refractivity contribution < 1.29 is 4.79 Å². The Labute approximate surface area is 120 Å². The summed E-state index contributed by atoms with van der Waals surface area (Å²) in [4.78, 5) is 10.9. The van der Waals surface area contributed by atoms with Crippen LogP contribution in [0.5, 0.6) is 0 Å². The Morgan fingerprint density at radius 2 is 1.85 bits per heavy atom. The van der Waals surface area contributed by atoms with Gasteiger partial charge in [0.1, 0.15) is 0 Å². The number of anilines is 2. The number of amides is 2. The molecule has 2 amide bonds. The van der Waals surface area contributed by atoms with Crippen LogP contribution in [-0.2, 0) is 0 Å². The van der Waals surface area contributed by atoms with E-state index in [9.17, 15) is 4.79 Å². The number of benzene rings is 1. The van der Waals surface area contributed by atoms with Crippen LogP contribution in [0.3, 0.4) is 0 Å². The summed E-state index contributed by atoms with van der Waals surface area (Å²) in [5, 5.41) is 6.33. The lowest BCUT2D eigenvalue weighted by Crippen LogP contribution is -2.33. The monoisotopic (exact) mass is 273 g/mol. The maximum Gasteiger partial charge on any atom is 0.316 e. The second kappa shape index (κ2) is 5.35. The first-order valence-electron chi connectivity index (χ1n) is 7.61. The van der Waals surface area contributed by atoms with Crippen molar-refractivity contribution in [2.75, 3.05) is 10.6 Å². The number of nitrogens with one attached hydrogen (secondary N) is 2. The van der Waals surface area contributed by atoms with Crippen LogP contribution >= 0.6 is 0 Å². The van der Waals surface area contributed by atoms with E-state index in [1.807, 2.05) is 18.2 Å². The van der Waals surface area contributed by atoms with Crippen LogP contribution < -0.4 is 16.4 Å². The molecule has 0 aromatic heterocycles. The quantitative estimate of drug-likeness (QED) is 0.786. The van der Waals surface area contributed by atoms with E-state index in [1.54, 1.807) is 0 Å². The first-order chi connectivity index (χ1) is 9.68. The Morgan fingerprint density at radius 1 is 1.15 bits per heavy atom. The fraction of sp³-hybridized carbons (Fsp3) is 0.562. The van der Waals surface area contributed by atoms with Crippen LogP contribution in [0, 0.1) is 5.41 Å². The zero-order valence-corrected chi connectivity index (χ0v) is 11.8. The van der Waals surface area contributed by atoms with Crippen molar-refractivity contribution in [1.29, 1.82) is 0 Å². The third-order valence-corrected chi connectivity index (χ3v) is 4.98. The maximum absolute atomic E-state index is 10.9. The van der Waals surface area contributed by atoms with Crippen molar-refractivity contribution in [3.05, 3.63) is 24.3 Å². The van der Waals surface area contributed by atoms with E-state index in [-0.39, 0.29) is 0 Å². The van der Waals surface area contributed by atoms with Crippen molar-refractivity contribution in [3.63, 3.8) is 0 Å². The molecular weight excluding hydrogens is 250 g/mol. The van der Waals surface area contributed by atoms with Crippen LogP contribution in [0.25, 0.3) is 0 Å². The van der Waals surface area contributed by atoms with Gasteiger partial charge in [-0.15, -0.1) is 0 Å². The van der Waals surface area contributed by atoms with Crippen molar-refractivity contribution in [3.8, 4) is 0 Å². The summed E-state index contributed by atoms with van der Waals surface area (Å²) in [5.41, 5.74) is 7.51. The lowest BCUT2D eigenvalue weighted by atomic mass is 9.81. The average molecular weight is 273 g/mol. The van der Waals surface area contributed by atoms with Crippen molar-refractivity contribution in [2.45, 2.75) is 51.0 Å². The van der Waals surface area contributed by atoms with Crippen LogP contribution in [0.4, 0.5) is 16.2 Å². The molecule has 108 valence electrons. The summed E-state index contributed by atoms with van der Waals surface area (Å²) in [5.74, 6) is 0. The number of rotatable bonds is 3. The smallest absolute Gasteiger partial charge is 0.316 e. The molecule has 0 radical (unpaired) electrons. The first kappa shape index (κ1) is 13.3. The van der Waals surface area contributed by atoms with Gasteiger partial charge < -0.3 is 16.4 Å². The Morgan fingerprint density at radius 3 is 2.60 bits per heavy atom. The first-order valence-corrected chi connectivity index (χ1v) is 7.61. The van der Waals surface area contributed by atoms with E-state index in [1.165, 1.54) is 44.9 Å². The summed E-state index contributed by atoms with van der Waals surface area (Å²) in [7, 11) is 0. The molecule has 1 aromatic carbocycles. The van der Waals surface area contributed by atoms with Crippen molar-refractivity contribution in [2.24, 2.45) is 11.1 Å². The Kier molecular flexibility index (Phi) is 3.55.